The van der Waals surface area contributed by atoms with Crippen LogP contribution in [0.1, 0.15) is 10.4 Å². The molecule has 1 rings (SSSR count). The summed E-state index contributed by atoms with van der Waals surface area (Å²) in [6.45, 7) is 11.2. The molecule has 1 aromatic heterocycles. The van der Waals surface area contributed by atoms with Crippen LogP contribution in [0.2, 0.25) is 0 Å². The van der Waals surface area contributed by atoms with Gasteiger partial charge in [0, 0.05) is 15.4 Å². The van der Waals surface area contributed by atoms with Crippen molar-refractivity contribution in [2.75, 3.05) is 0 Å². The summed E-state index contributed by atoms with van der Waals surface area (Å²) in [5, 5.41) is 2.64. The van der Waals surface area contributed by atoms with E-state index in [1.807, 2.05) is 5.38 Å². The molecule has 0 saturated heterocycles. The fraction of sp³-hybridized carbons (Fsp3) is 0. The molecule has 3 heteroatoms. The molecule has 0 atom stereocenters. The van der Waals surface area contributed by atoms with Gasteiger partial charge in [-0.2, -0.15) is 0 Å². The van der Waals surface area contributed by atoms with Crippen molar-refractivity contribution in [1.29, 1.82) is 0 Å². The SMILES string of the molecule is C=CC(=C)/C=C(/Cl)c1scc(Br)c1C=C. The first-order valence-electron chi connectivity index (χ1n) is 4.18. The molecule has 0 aliphatic carbocycles. The van der Waals surface area contributed by atoms with Crippen molar-refractivity contribution in [1.82, 2.24) is 0 Å². The van der Waals surface area contributed by atoms with Crippen LogP contribution in [0.3, 0.4) is 0 Å². The van der Waals surface area contributed by atoms with Gasteiger partial charge < -0.3 is 0 Å². The van der Waals surface area contributed by atoms with Crippen molar-refractivity contribution >= 4 is 50.0 Å². The molecule has 1 heterocycles. The Morgan fingerprint density at radius 1 is 1.47 bits per heavy atom. The largest absolute Gasteiger partial charge is 0.141 e. The van der Waals surface area contributed by atoms with Gasteiger partial charge in [0.25, 0.3) is 0 Å². The standard InChI is InChI=1S/C12H10BrClS/c1-4-8(3)6-11(14)12-9(5-2)10(13)7-15-12/h4-7H,1-3H2/b11-6+. The second-order valence-corrected chi connectivity index (χ2v) is 4.94. The molecule has 78 valence electrons. The molecule has 0 nitrogen and oxygen atoms in total. The van der Waals surface area contributed by atoms with Crippen molar-refractivity contribution in [3.63, 3.8) is 0 Å². The zero-order valence-electron chi connectivity index (χ0n) is 8.09. The molecule has 1 aromatic rings. The summed E-state index contributed by atoms with van der Waals surface area (Å²) >= 11 is 11.2. The van der Waals surface area contributed by atoms with Gasteiger partial charge in [-0.15, -0.1) is 11.3 Å². The van der Waals surface area contributed by atoms with Gasteiger partial charge in [0.1, 0.15) is 0 Å². The number of thiophene rings is 1. The number of hydrogen-bond acceptors (Lipinski definition) is 1. The van der Waals surface area contributed by atoms with E-state index in [0.29, 0.717) is 5.03 Å². The van der Waals surface area contributed by atoms with E-state index in [0.717, 1.165) is 20.5 Å². The zero-order valence-corrected chi connectivity index (χ0v) is 11.3. The number of allylic oxidation sites excluding steroid dienone is 3. The Hall–Kier alpha value is -0.570. The predicted octanol–water partition coefficient (Wildman–Crippen LogP) is 5.48. The predicted molar refractivity (Wildman–Crippen MR) is 75.3 cm³/mol. The molecule has 0 unspecified atom stereocenters. The minimum atomic E-state index is 0.658. The lowest BCUT2D eigenvalue weighted by Crippen LogP contribution is -1.77. The second-order valence-electron chi connectivity index (χ2n) is 2.80. The third-order valence-corrected chi connectivity index (χ3v) is 4.18. The van der Waals surface area contributed by atoms with Crippen molar-refractivity contribution < 1.29 is 0 Å². The summed E-state index contributed by atoms with van der Waals surface area (Å²) in [4.78, 5) is 0.988. The Morgan fingerprint density at radius 2 is 2.13 bits per heavy atom. The smallest absolute Gasteiger partial charge is 0.0590 e. The molecule has 0 aromatic carbocycles. The van der Waals surface area contributed by atoms with Crippen LogP contribution in [0, 0.1) is 0 Å². The van der Waals surface area contributed by atoms with Crippen molar-refractivity contribution in [2.45, 2.75) is 0 Å². The van der Waals surface area contributed by atoms with Crippen LogP contribution < -0.4 is 0 Å². The fourth-order valence-electron chi connectivity index (χ4n) is 1.01. The highest BCUT2D eigenvalue weighted by Crippen LogP contribution is 2.35. The van der Waals surface area contributed by atoms with Crippen LogP contribution >= 0.6 is 38.9 Å². The Morgan fingerprint density at radius 3 is 2.67 bits per heavy atom. The normalized spacial score (nSPS) is 11.2. The topological polar surface area (TPSA) is 0 Å². The van der Waals surface area contributed by atoms with Crippen LogP contribution in [0.15, 0.2) is 47.3 Å². The van der Waals surface area contributed by atoms with Crippen molar-refractivity contribution in [2.24, 2.45) is 0 Å². The fourth-order valence-corrected chi connectivity index (χ4v) is 3.00. The van der Waals surface area contributed by atoms with Crippen LogP contribution in [0.25, 0.3) is 11.1 Å². The van der Waals surface area contributed by atoms with Gasteiger partial charge in [0.2, 0.25) is 0 Å². The Bertz CT molecular complexity index is 440. The number of halogens is 2. The summed E-state index contributed by atoms with van der Waals surface area (Å²) < 4.78 is 1.01. The first-order valence-corrected chi connectivity index (χ1v) is 6.23. The van der Waals surface area contributed by atoms with E-state index in [9.17, 15) is 0 Å². The summed E-state index contributed by atoms with van der Waals surface area (Å²) in [5.74, 6) is 0. The molecule has 0 fully saturated rings. The molecule has 0 radical (unpaired) electrons. The number of rotatable bonds is 4. The van der Waals surface area contributed by atoms with Gasteiger partial charge in [-0.05, 0) is 27.6 Å². The minimum absolute atomic E-state index is 0.658. The Balaban J connectivity index is 3.16. The van der Waals surface area contributed by atoms with E-state index in [1.165, 1.54) is 0 Å². The van der Waals surface area contributed by atoms with Gasteiger partial charge in [-0.3, -0.25) is 0 Å². The molecule has 0 N–H and O–H groups in total. The van der Waals surface area contributed by atoms with E-state index in [-0.39, 0.29) is 0 Å². The summed E-state index contributed by atoms with van der Waals surface area (Å²) in [5.41, 5.74) is 1.80. The first kappa shape index (κ1) is 12.5. The quantitative estimate of drug-likeness (QED) is 0.646. The van der Waals surface area contributed by atoms with Gasteiger partial charge in [-0.25, -0.2) is 0 Å². The molecule has 15 heavy (non-hydrogen) atoms. The average molecular weight is 302 g/mol. The molecule has 0 saturated carbocycles. The zero-order chi connectivity index (χ0) is 11.4. The maximum atomic E-state index is 6.17. The number of hydrogen-bond donors (Lipinski definition) is 0. The molecule has 0 spiro atoms. The maximum Gasteiger partial charge on any atom is 0.0590 e. The van der Waals surface area contributed by atoms with Crippen LogP contribution in [-0.2, 0) is 0 Å². The minimum Gasteiger partial charge on any atom is -0.141 e. The van der Waals surface area contributed by atoms with E-state index >= 15 is 0 Å². The van der Waals surface area contributed by atoms with E-state index < -0.39 is 0 Å². The van der Waals surface area contributed by atoms with E-state index in [4.69, 9.17) is 11.6 Å². The molecule has 0 aliphatic heterocycles. The van der Waals surface area contributed by atoms with E-state index in [2.05, 4.69) is 35.7 Å². The third kappa shape index (κ3) is 2.94. The van der Waals surface area contributed by atoms with Crippen molar-refractivity contribution in [3.05, 3.63) is 57.8 Å². The van der Waals surface area contributed by atoms with Gasteiger partial charge in [0.15, 0.2) is 0 Å². The van der Waals surface area contributed by atoms with Gasteiger partial charge in [-0.1, -0.05) is 43.5 Å². The summed E-state index contributed by atoms with van der Waals surface area (Å²) in [7, 11) is 0. The average Bonchev–Trinajstić information content (AvgIpc) is 2.59. The molecular formula is C12H10BrClS. The maximum absolute atomic E-state index is 6.17. The van der Waals surface area contributed by atoms with Crippen LogP contribution in [-0.4, -0.2) is 0 Å². The van der Waals surface area contributed by atoms with Crippen LogP contribution in [0.5, 0.6) is 0 Å². The van der Waals surface area contributed by atoms with Crippen LogP contribution in [0.4, 0.5) is 0 Å². The Labute approximate surface area is 107 Å². The first-order chi connectivity index (χ1) is 7.10. The lowest BCUT2D eigenvalue weighted by Gasteiger charge is -1.98. The lowest BCUT2D eigenvalue weighted by molar-refractivity contribution is 1.73. The molecular weight excluding hydrogens is 292 g/mol. The van der Waals surface area contributed by atoms with Gasteiger partial charge in [0.05, 0.1) is 9.91 Å². The third-order valence-electron chi connectivity index (χ3n) is 1.78. The Kier molecular flexibility index (Phi) is 4.58. The van der Waals surface area contributed by atoms with Crippen molar-refractivity contribution in [3.8, 4) is 0 Å². The highest BCUT2D eigenvalue weighted by atomic mass is 79.9. The second kappa shape index (κ2) is 5.50. The van der Waals surface area contributed by atoms with Gasteiger partial charge >= 0.3 is 0 Å². The highest BCUT2D eigenvalue weighted by molar-refractivity contribution is 9.10. The molecule has 0 aliphatic rings. The summed E-state index contributed by atoms with van der Waals surface area (Å²) in [6, 6.07) is 0. The monoisotopic (exact) mass is 300 g/mol. The highest BCUT2D eigenvalue weighted by Gasteiger charge is 2.09. The lowest BCUT2D eigenvalue weighted by atomic mass is 10.2. The summed E-state index contributed by atoms with van der Waals surface area (Å²) in [6.07, 6.45) is 5.24. The molecule has 0 amide bonds. The van der Waals surface area contributed by atoms with E-state index in [1.54, 1.807) is 29.6 Å². The molecule has 0 bridgehead atoms.